The maximum atomic E-state index is 13.8. The van der Waals surface area contributed by atoms with E-state index < -0.39 is 23.5 Å². The third-order valence-corrected chi connectivity index (χ3v) is 9.15. The van der Waals surface area contributed by atoms with Crippen LogP contribution < -0.4 is 14.8 Å². The normalized spacial score (nSPS) is 14.0. The molecule has 2 heterocycles. The minimum atomic E-state index is -4.50. The van der Waals surface area contributed by atoms with Crippen molar-refractivity contribution in [3.8, 4) is 28.2 Å². The molecule has 2 aromatic heterocycles. The number of hydrogen-bond donors (Lipinski definition) is 3. The summed E-state index contributed by atoms with van der Waals surface area (Å²) in [6.07, 6.45) is -1.55. The van der Waals surface area contributed by atoms with E-state index in [1.54, 1.807) is 6.07 Å². The van der Waals surface area contributed by atoms with Crippen LogP contribution in [0, 0.1) is 11.7 Å². The molecule has 11 heteroatoms. The molecule has 1 aliphatic carbocycles. The number of hydrogen-bond acceptors (Lipinski definition) is 6. The van der Waals surface area contributed by atoms with Gasteiger partial charge in [-0.3, -0.25) is 14.5 Å². The van der Waals surface area contributed by atoms with Crippen LogP contribution >= 0.6 is 12.8 Å². The number of carbonyl (C=O) groups is 1. The molecule has 1 aliphatic rings. The van der Waals surface area contributed by atoms with Crippen LogP contribution in [0.25, 0.3) is 39.5 Å². The molecule has 6 nitrogen and oxygen atoms in total. The minimum absolute atomic E-state index is 0.0895. The maximum absolute atomic E-state index is 13.8. The molecule has 0 saturated heterocycles. The van der Waals surface area contributed by atoms with Gasteiger partial charge in [-0.25, -0.2) is 4.39 Å². The highest BCUT2D eigenvalue weighted by molar-refractivity contribution is 7.78. The number of nitrogens with zero attached hydrogens (tertiary/aromatic N) is 1. The van der Waals surface area contributed by atoms with Gasteiger partial charge in [-0.05, 0) is 94.9 Å². The number of pyridine rings is 1. The van der Waals surface area contributed by atoms with Gasteiger partial charge in [0.15, 0.2) is 0 Å². The van der Waals surface area contributed by atoms with Crippen molar-refractivity contribution in [1.82, 2.24) is 15.0 Å². The summed E-state index contributed by atoms with van der Waals surface area (Å²) in [7, 11) is 0. The molecule has 1 unspecified atom stereocenters. The predicted molar refractivity (Wildman–Crippen MR) is 196 cm³/mol. The highest BCUT2D eigenvalue weighted by Gasteiger charge is 2.31. The van der Waals surface area contributed by atoms with Gasteiger partial charge in [0.1, 0.15) is 29.5 Å². The molecule has 6 aromatic rings. The third kappa shape index (κ3) is 7.01. The highest BCUT2D eigenvalue weighted by Crippen LogP contribution is 2.44. The van der Waals surface area contributed by atoms with E-state index in [4.69, 9.17) is 9.15 Å². The zero-order valence-electron chi connectivity index (χ0n) is 28.1. The van der Waals surface area contributed by atoms with Crippen molar-refractivity contribution in [3.05, 3.63) is 148 Å². The molecule has 1 atom stereocenters. The molecule has 0 spiro atoms. The number of amides is 1. The number of halogens is 4. The van der Waals surface area contributed by atoms with E-state index in [0.717, 1.165) is 41.2 Å². The first kappa shape index (κ1) is 34.9. The van der Waals surface area contributed by atoms with Crippen molar-refractivity contribution in [3.63, 3.8) is 0 Å². The van der Waals surface area contributed by atoms with Crippen LogP contribution in [0.4, 0.5) is 17.6 Å². The Kier molecular flexibility index (Phi) is 9.54. The van der Waals surface area contributed by atoms with Crippen LogP contribution in [0.5, 0.6) is 5.75 Å². The van der Waals surface area contributed by atoms with Crippen LogP contribution in [0.3, 0.4) is 0 Å². The van der Waals surface area contributed by atoms with Crippen LogP contribution in [-0.2, 0) is 12.8 Å². The van der Waals surface area contributed by atoms with Crippen molar-refractivity contribution in [2.24, 2.45) is 5.92 Å². The molecule has 4 aromatic carbocycles. The van der Waals surface area contributed by atoms with Crippen molar-refractivity contribution in [1.29, 1.82) is 0 Å². The molecule has 0 fully saturated rings. The summed E-state index contributed by atoms with van der Waals surface area (Å²) in [5, 5.41) is 4.13. The lowest BCUT2D eigenvalue weighted by Gasteiger charge is -2.22. The summed E-state index contributed by atoms with van der Waals surface area (Å²) < 4.78 is 68.1. The van der Waals surface area contributed by atoms with Crippen LogP contribution in [0.1, 0.15) is 58.1 Å². The molecule has 0 saturated carbocycles. The van der Waals surface area contributed by atoms with E-state index >= 15 is 0 Å². The Labute approximate surface area is 303 Å². The molecule has 0 aliphatic heterocycles. The van der Waals surface area contributed by atoms with E-state index in [1.165, 1.54) is 30.3 Å². The molecule has 0 bridgehead atoms. The Balaban J connectivity index is 1.34. The zero-order chi connectivity index (χ0) is 36.6. The molecule has 7 rings (SSSR count). The highest BCUT2D eigenvalue weighted by atomic mass is 32.1. The van der Waals surface area contributed by atoms with Gasteiger partial charge < -0.3 is 14.5 Å². The van der Waals surface area contributed by atoms with E-state index in [0.29, 0.717) is 45.0 Å². The van der Waals surface area contributed by atoms with E-state index in [2.05, 4.69) is 59.9 Å². The third-order valence-electron chi connectivity index (χ3n) is 8.94. The van der Waals surface area contributed by atoms with Gasteiger partial charge in [-0.2, -0.15) is 13.2 Å². The van der Waals surface area contributed by atoms with Crippen molar-refractivity contribution in [2.75, 3.05) is 6.54 Å². The van der Waals surface area contributed by atoms with Gasteiger partial charge in [0.25, 0.3) is 5.91 Å². The van der Waals surface area contributed by atoms with Crippen molar-refractivity contribution in [2.45, 2.75) is 32.5 Å². The number of alkyl halides is 3. The van der Waals surface area contributed by atoms with Crippen LogP contribution in [0.15, 0.2) is 113 Å². The fourth-order valence-electron chi connectivity index (χ4n) is 6.42. The number of nitrogens with one attached hydrogen (secondary N) is 2. The number of ether oxygens (including phenoxy) is 1. The average molecular weight is 724 g/mol. The topological polar surface area (TPSA) is 76.4 Å². The second-order valence-corrected chi connectivity index (χ2v) is 13.2. The number of fused-ring (bicyclic) bond motifs is 2. The lowest BCUT2D eigenvalue weighted by molar-refractivity contribution is -0.137. The monoisotopic (exact) mass is 723 g/mol. The number of carbonyl (C=O) groups excluding carboxylic acids is 1. The lowest BCUT2D eigenvalue weighted by Crippen LogP contribution is -2.22. The average Bonchev–Trinajstić information content (AvgIpc) is 3.71. The number of thiol groups is 1. The Morgan fingerprint density at radius 3 is 2.44 bits per heavy atom. The van der Waals surface area contributed by atoms with Crippen LogP contribution in [0.2, 0.25) is 0 Å². The molecule has 0 radical (unpaired) electrons. The summed E-state index contributed by atoms with van der Waals surface area (Å²) in [4.78, 5) is 17.2. The van der Waals surface area contributed by atoms with Gasteiger partial charge in [0.05, 0.1) is 16.8 Å². The SMILES string of the molecule is CC(C)CNC1=Cc2ccccc2C1c1ccc(OCc2ccc(C(F)(F)F)cn2)c(-c2ccc3oc(-c4ccc(F)cc4)c(C(=O)NS)c3c2)c1. The van der Waals surface area contributed by atoms with Gasteiger partial charge in [-0.15, -0.1) is 0 Å². The van der Waals surface area contributed by atoms with E-state index in [9.17, 15) is 22.4 Å². The summed E-state index contributed by atoms with van der Waals surface area (Å²) in [5.74, 6) is 0.0903. The van der Waals surface area contributed by atoms with Gasteiger partial charge >= 0.3 is 6.18 Å². The summed E-state index contributed by atoms with van der Waals surface area (Å²) in [5.41, 5.74) is 6.30. The van der Waals surface area contributed by atoms with Crippen molar-refractivity contribution < 1.29 is 31.5 Å². The standard InChI is InChI=1S/C41H33F4N3O3S/c1-23(2)20-47-34-19-25-5-3-4-6-31(25)37(34)27-10-15-35(50-22-30-14-11-28(21-46-30)41(43,44)45)32(18-27)26-9-16-36-33(17-26)38(40(49)48-52)39(51-36)24-7-12-29(42)13-8-24/h3-19,21,23,37,47,52H,20,22H2,1-2H3,(H,48,49). The second kappa shape index (κ2) is 14.2. The summed E-state index contributed by atoms with van der Waals surface area (Å²) >= 11 is 4.02. The molecule has 1 amide bonds. The van der Waals surface area contributed by atoms with Gasteiger partial charge in [-0.1, -0.05) is 63.1 Å². The number of aromatic nitrogens is 1. The predicted octanol–water partition coefficient (Wildman–Crippen LogP) is 10.2. The fourth-order valence-corrected chi connectivity index (χ4v) is 6.53. The van der Waals surface area contributed by atoms with Gasteiger partial charge in [0, 0.05) is 40.9 Å². The number of benzene rings is 4. The second-order valence-electron chi connectivity index (χ2n) is 13.0. The van der Waals surface area contributed by atoms with E-state index in [1.807, 2.05) is 42.5 Å². The molecular weight excluding hydrogens is 691 g/mol. The fraction of sp³-hybridized carbons (Fsp3) is 0.171. The Morgan fingerprint density at radius 1 is 0.962 bits per heavy atom. The first-order valence-corrected chi connectivity index (χ1v) is 17.1. The molecule has 264 valence electrons. The van der Waals surface area contributed by atoms with Crippen LogP contribution in [-0.4, -0.2) is 17.4 Å². The maximum Gasteiger partial charge on any atom is 0.417 e. The summed E-state index contributed by atoms with van der Waals surface area (Å²) in [6, 6.07) is 27.4. The summed E-state index contributed by atoms with van der Waals surface area (Å²) in [6.45, 7) is 4.99. The smallest absolute Gasteiger partial charge is 0.417 e. The molecule has 52 heavy (non-hydrogen) atoms. The largest absolute Gasteiger partial charge is 0.487 e. The first-order chi connectivity index (χ1) is 25.0. The van der Waals surface area contributed by atoms with E-state index in [-0.39, 0.29) is 23.8 Å². The Bertz CT molecular complexity index is 2300. The number of allylic oxidation sites excluding steroid dienone is 1. The zero-order valence-corrected chi connectivity index (χ0v) is 29.0. The Hall–Kier alpha value is -5.55. The lowest BCUT2D eigenvalue weighted by atomic mass is 9.88. The molecule has 2 N–H and O–H groups in total. The first-order valence-electron chi connectivity index (χ1n) is 16.6. The number of rotatable bonds is 10. The van der Waals surface area contributed by atoms with Crippen molar-refractivity contribution >= 4 is 35.8 Å². The minimum Gasteiger partial charge on any atom is -0.487 e. The molecular formula is C41H33F4N3O3S. The number of furan rings is 1. The Morgan fingerprint density at radius 2 is 1.73 bits per heavy atom. The quantitative estimate of drug-likeness (QED) is 0.0969. The van der Waals surface area contributed by atoms with Gasteiger partial charge in [0.2, 0.25) is 0 Å².